The third-order valence-corrected chi connectivity index (χ3v) is 3.75. The van der Waals surface area contributed by atoms with E-state index in [1.165, 1.54) is 5.56 Å². The molecule has 1 unspecified atom stereocenters. The summed E-state index contributed by atoms with van der Waals surface area (Å²) in [6.07, 6.45) is 0.832. The summed E-state index contributed by atoms with van der Waals surface area (Å²) in [6.45, 7) is 2.59. The van der Waals surface area contributed by atoms with Gasteiger partial charge in [-0.2, -0.15) is 5.10 Å². The maximum Gasteiger partial charge on any atom is 0.130 e. The maximum absolute atomic E-state index is 6.26. The highest BCUT2D eigenvalue weighted by Crippen LogP contribution is 2.26. The Labute approximate surface area is 113 Å². The van der Waals surface area contributed by atoms with Crippen molar-refractivity contribution in [2.24, 2.45) is 12.8 Å². The van der Waals surface area contributed by atoms with Crippen LogP contribution in [-0.2, 0) is 13.5 Å². The molecule has 2 rings (SSSR count). The van der Waals surface area contributed by atoms with Crippen LogP contribution in [0, 0.1) is 6.92 Å². The van der Waals surface area contributed by atoms with Gasteiger partial charge in [0, 0.05) is 18.5 Å². The van der Waals surface area contributed by atoms with E-state index in [9.17, 15) is 0 Å². The van der Waals surface area contributed by atoms with Crippen molar-refractivity contribution in [2.75, 3.05) is 6.54 Å². The molecule has 0 bridgehead atoms. The molecule has 2 aromatic rings. The Morgan fingerprint density at radius 2 is 2.00 bits per heavy atom. The minimum Gasteiger partial charge on any atom is -0.330 e. The van der Waals surface area contributed by atoms with Crippen LogP contribution in [0.4, 0.5) is 0 Å². The zero-order valence-corrected chi connectivity index (χ0v) is 11.5. The van der Waals surface area contributed by atoms with Crippen molar-refractivity contribution >= 4 is 11.6 Å². The lowest BCUT2D eigenvalue weighted by Gasteiger charge is -2.15. The summed E-state index contributed by atoms with van der Waals surface area (Å²) in [5, 5.41) is 5.05. The van der Waals surface area contributed by atoms with Crippen LogP contribution in [-0.4, -0.2) is 16.3 Å². The molecule has 0 spiro atoms. The molecule has 96 valence electrons. The minimum absolute atomic E-state index is 0.284. The number of nitrogens with two attached hydrogens (primary N) is 1. The van der Waals surface area contributed by atoms with Gasteiger partial charge >= 0.3 is 0 Å². The molecule has 0 fully saturated rings. The van der Waals surface area contributed by atoms with Gasteiger partial charge in [-0.05, 0) is 25.5 Å². The summed E-state index contributed by atoms with van der Waals surface area (Å²) >= 11 is 6.26. The molecule has 1 aromatic carbocycles. The second-order valence-corrected chi connectivity index (χ2v) is 4.88. The third-order valence-electron chi connectivity index (χ3n) is 3.28. The van der Waals surface area contributed by atoms with Crippen LogP contribution < -0.4 is 5.73 Å². The van der Waals surface area contributed by atoms with Gasteiger partial charge in [0.25, 0.3) is 0 Å². The standard InChI is InChI=1S/C14H18ClN3/c1-10-13(14(15)18(2)17-10)8-12(9-16)11-6-4-3-5-7-11/h3-7,12H,8-9,16H2,1-2H3. The van der Waals surface area contributed by atoms with E-state index in [1.807, 2.05) is 32.2 Å². The zero-order chi connectivity index (χ0) is 13.1. The average molecular weight is 264 g/mol. The zero-order valence-electron chi connectivity index (χ0n) is 10.7. The Balaban J connectivity index is 2.26. The molecule has 0 saturated heterocycles. The summed E-state index contributed by atoms with van der Waals surface area (Å²) in [5.41, 5.74) is 9.22. The number of hydrogen-bond acceptors (Lipinski definition) is 2. The van der Waals surface area contributed by atoms with Gasteiger partial charge in [-0.25, -0.2) is 0 Å². The van der Waals surface area contributed by atoms with Gasteiger partial charge < -0.3 is 5.73 Å². The van der Waals surface area contributed by atoms with Crippen LogP contribution in [0.25, 0.3) is 0 Å². The highest BCUT2D eigenvalue weighted by atomic mass is 35.5. The lowest BCUT2D eigenvalue weighted by Crippen LogP contribution is -2.15. The molecule has 1 heterocycles. The Morgan fingerprint density at radius 1 is 1.33 bits per heavy atom. The minimum atomic E-state index is 0.284. The van der Waals surface area contributed by atoms with Crippen molar-refractivity contribution in [3.63, 3.8) is 0 Å². The van der Waals surface area contributed by atoms with Gasteiger partial charge in [0.2, 0.25) is 0 Å². The monoisotopic (exact) mass is 263 g/mol. The van der Waals surface area contributed by atoms with E-state index in [4.69, 9.17) is 17.3 Å². The highest BCUT2D eigenvalue weighted by molar-refractivity contribution is 6.30. The summed E-state index contributed by atoms with van der Waals surface area (Å²) in [7, 11) is 1.86. The molecule has 1 atom stereocenters. The number of benzene rings is 1. The fourth-order valence-corrected chi connectivity index (χ4v) is 2.47. The predicted molar refractivity (Wildman–Crippen MR) is 74.9 cm³/mol. The van der Waals surface area contributed by atoms with Crippen molar-refractivity contribution in [3.8, 4) is 0 Å². The molecule has 4 heteroatoms. The highest BCUT2D eigenvalue weighted by Gasteiger charge is 2.17. The lowest BCUT2D eigenvalue weighted by molar-refractivity contribution is 0.691. The number of aromatic nitrogens is 2. The summed E-state index contributed by atoms with van der Waals surface area (Å²) in [6, 6.07) is 10.3. The van der Waals surface area contributed by atoms with Gasteiger partial charge in [-0.15, -0.1) is 0 Å². The van der Waals surface area contributed by atoms with E-state index >= 15 is 0 Å². The molecule has 2 N–H and O–H groups in total. The van der Waals surface area contributed by atoms with Crippen LogP contribution >= 0.6 is 11.6 Å². The SMILES string of the molecule is Cc1nn(C)c(Cl)c1CC(CN)c1ccccc1. The van der Waals surface area contributed by atoms with E-state index in [0.717, 1.165) is 17.7 Å². The average Bonchev–Trinajstić information content (AvgIpc) is 2.62. The number of hydrogen-bond donors (Lipinski definition) is 1. The van der Waals surface area contributed by atoms with Gasteiger partial charge in [-0.1, -0.05) is 41.9 Å². The first kappa shape index (κ1) is 13.1. The second-order valence-electron chi connectivity index (χ2n) is 4.53. The van der Waals surface area contributed by atoms with E-state index < -0.39 is 0 Å². The predicted octanol–water partition coefficient (Wildman–Crippen LogP) is 2.67. The Hall–Kier alpha value is -1.32. The van der Waals surface area contributed by atoms with Gasteiger partial charge in [-0.3, -0.25) is 4.68 Å². The first-order chi connectivity index (χ1) is 8.63. The second kappa shape index (κ2) is 5.55. The summed E-state index contributed by atoms with van der Waals surface area (Å²) in [4.78, 5) is 0. The summed E-state index contributed by atoms with van der Waals surface area (Å²) < 4.78 is 1.71. The molecule has 0 saturated carbocycles. The van der Waals surface area contributed by atoms with Crippen LogP contribution in [0.3, 0.4) is 0 Å². The lowest BCUT2D eigenvalue weighted by atomic mass is 9.92. The van der Waals surface area contributed by atoms with E-state index in [0.29, 0.717) is 11.7 Å². The van der Waals surface area contributed by atoms with Crippen molar-refractivity contribution in [3.05, 3.63) is 52.3 Å². The molecular formula is C14H18ClN3. The summed E-state index contributed by atoms with van der Waals surface area (Å²) in [5.74, 6) is 0.284. The fraction of sp³-hybridized carbons (Fsp3) is 0.357. The molecule has 1 aromatic heterocycles. The van der Waals surface area contributed by atoms with E-state index in [-0.39, 0.29) is 5.92 Å². The quantitative estimate of drug-likeness (QED) is 0.922. The van der Waals surface area contributed by atoms with Gasteiger partial charge in [0.05, 0.1) is 5.69 Å². The van der Waals surface area contributed by atoms with Crippen molar-refractivity contribution in [1.29, 1.82) is 0 Å². The Bertz CT molecular complexity index is 519. The number of nitrogens with zero attached hydrogens (tertiary/aromatic N) is 2. The van der Waals surface area contributed by atoms with E-state index in [1.54, 1.807) is 4.68 Å². The normalized spacial score (nSPS) is 12.7. The topological polar surface area (TPSA) is 43.8 Å². The van der Waals surface area contributed by atoms with Crippen molar-refractivity contribution < 1.29 is 0 Å². The first-order valence-electron chi connectivity index (χ1n) is 6.06. The largest absolute Gasteiger partial charge is 0.330 e. The molecule has 0 radical (unpaired) electrons. The number of rotatable bonds is 4. The molecule has 0 aliphatic rings. The smallest absolute Gasteiger partial charge is 0.130 e. The molecule has 0 amide bonds. The Kier molecular flexibility index (Phi) is 4.04. The van der Waals surface area contributed by atoms with Gasteiger partial charge in [0.15, 0.2) is 0 Å². The molecule has 18 heavy (non-hydrogen) atoms. The van der Waals surface area contributed by atoms with Crippen LogP contribution in [0.1, 0.15) is 22.7 Å². The van der Waals surface area contributed by atoms with Crippen LogP contribution in [0.2, 0.25) is 5.15 Å². The van der Waals surface area contributed by atoms with Crippen molar-refractivity contribution in [2.45, 2.75) is 19.3 Å². The molecule has 0 aliphatic heterocycles. The number of aryl methyl sites for hydroxylation is 2. The van der Waals surface area contributed by atoms with Gasteiger partial charge in [0.1, 0.15) is 5.15 Å². The molecular weight excluding hydrogens is 246 g/mol. The fourth-order valence-electron chi connectivity index (χ4n) is 2.21. The first-order valence-corrected chi connectivity index (χ1v) is 6.44. The van der Waals surface area contributed by atoms with Crippen LogP contribution in [0.5, 0.6) is 0 Å². The Morgan fingerprint density at radius 3 is 2.50 bits per heavy atom. The third kappa shape index (κ3) is 2.57. The van der Waals surface area contributed by atoms with E-state index in [2.05, 4.69) is 17.2 Å². The maximum atomic E-state index is 6.26. The van der Waals surface area contributed by atoms with Crippen LogP contribution in [0.15, 0.2) is 30.3 Å². The van der Waals surface area contributed by atoms with Crippen molar-refractivity contribution in [1.82, 2.24) is 9.78 Å². The molecule has 3 nitrogen and oxygen atoms in total. The number of halogens is 1. The molecule has 0 aliphatic carbocycles.